The molecule has 0 bridgehead atoms. The van der Waals surface area contributed by atoms with Crippen molar-refractivity contribution in [3.05, 3.63) is 0 Å². The van der Waals surface area contributed by atoms with Crippen LogP contribution in [-0.4, -0.2) is 32.7 Å². The van der Waals surface area contributed by atoms with Gasteiger partial charge in [0.2, 0.25) is 0 Å². The molecule has 0 heterocycles. The molecule has 2 saturated carbocycles. The summed E-state index contributed by atoms with van der Waals surface area (Å²) in [4.78, 5) is 24.9. The second-order valence-corrected chi connectivity index (χ2v) is 8.97. The van der Waals surface area contributed by atoms with Crippen molar-refractivity contribution in [3.8, 4) is 0 Å². The third-order valence-electron chi connectivity index (χ3n) is 4.87. The summed E-state index contributed by atoms with van der Waals surface area (Å²) in [5.74, 6) is 0.979. The van der Waals surface area contributed by atoms with Gasteiger partial charge < -0.3 is 24.8 Å². The van der Waals surface area contributed by atoms with E-state index in [1.165, 1.54) is 38.5 Å². The maximum absolute atomic E-state index is 12.5. The first-order valence-corrected chi connectivity index (χ1v) is 9.80. The first-order chi connectivity index (χ1) is 10.1. The second kappa shape index (κ2) is 11.7. The van der Waals surface area contributed by atoms with Crippen molar-refractivity contribution in [1.29, 1.82) is 0 Å². The van der Waals surface area contributed by atoms with E-state index in [0.29, 0.717) is 0 Å². The predicted molar refractivity (Wildman–Crippen MR) is 78.7 cm³/mol. The molecular weight excluding hydrogens is 371 g/mol. The Bertz CT molecular complexity index is 339. The predicted octanol–water partition coefficient (Wildman–Crippen LogP) is -3.02. The van der Waals surface area contributed by atoms with Gasteiger partial charge in [-0.25, -0.2) is 0 Å². The zero-order valence-electron chi connectivity index (χ0n) is 14.2. The molecule has 0 aromatic heterocycles. The van der Waals surface area contributed by atoms with Crippen LogP contribution in [0.5, 0.6) is 0 Å². The van der Waals surface area contributed by atoms with Crippen LogP contribution in [0.4, 0.5) is 0 Å². The summed E-state index contributed by atoms with van der Waals surface area (Å²) in [7, 11) is 3.78. The van der Waals surface area contributed by atoms with Gasteiger partial charge in [0, 0.05) is 0 Å². The summed E-state index contributed by atoms with van der Waals surface area (Å²) in [5.41, 5.74) is 0. The molecule has 0 aromatic rings. The fourth-order valence-electron chi connectivity index (χ4n) is 3.57. The topological polar surface area (TPSA) is 40.6 Å². The molecule has 0 spiro atoms. The number of nitrogens with zero attached hydrogens (tertiary/aromatic N) is 2. The monoisotopic (exact) mass is 398 g/mol. The smallest absolute Gasteiger partial charge is 1.00 e. The van der Waals surface area contributed by atoms with E-state index in [-0.39, 0.29) is 48.5 Å². The van der Waals surface area contributed by atoms with E-state index in [0.717, 1.165) is 25.7 Å². The van der Waals surface area contributed by atoms with E-state index in [1.54, 1.807) is 0 Å². The second-order valence-electron chi connectivity index (χ2n) is 6.56. The summed E-state index contributed by atoms with van der Waals surface area (Å²) >= 11 is -0.818. The molecule has 2 amide bonds. The molecule has 0 atom stereocenters. The largest absolute Gasteiger partial charge is 1.00 e. The van der Waals surface area contributed by atoms with Crippen LogP contribution in [0.15, 0.2) is 0 Å². The number of carbonyl (C=O) groups is 2. The molecule has 4 nitrogen and oxygen atoms in total. The maximum Gasteiger partial charge on any atom is -1.00 e. The number of halogens is 2. The molecule has 0 aromatic carbocycles. The average Bonchev–Trinajstić information content (AvgIpc) is 2.55. The molecule has 0 saturated heterocycles. The summed E-state index contributed by atoms with van der Waals surface area (Å²) in [6.45, 7) is 0. The Kier molecular flexibility index (Phi) is 11.8. The van der Waals surface area contributed by atoms with Gasteiger partial charge in [0.1, 0.15) is 0 Å². The van der Waals surface area contributed by atoms with E-state index in [2.05, 4.69) is 0 Å². The fraction of sp³-hybridized carbons (Fsp3) is 0.875. The van der Waals surface area contributed by atoms with Crippen molar-refractivity contribution < 1.29 is 54.1 Å². The number of hydrogen-bond acceptors (Lipinski definition) is 2. The van der Waals surface area contributed by atoms with E-state index in [4.69, 9.17) is 0 Å². The van der Waals surface area contributed by atoms with Crippen LogP contribution in [0.3, 0.4) is 0 Å². The van der Waals surface area contributed by atoms with Gasteiger partial charge in [-0.2, -0.15) is 0 Å². The Morgan fingerprint density at radius 2 is 1.00 bits per heavy atom. The van der Waals surface area contributed by atoms with Gasteiger partial charge >= 0.3 is 138 Å². The Balaban J connectivity index is 0.00000242. The SMILES string of the molecule is C[N]([Ti+2][N](C)C(=O)C1CCCCC1)C(=O)C1CCCCC1.[Cl-].[Cl-]. The molecular formula is C16H28Cl2N2O2Ti. The molecule has 7 heteroatoms. The van der Waals surface area contributed by atoms with Crippen LogP contribution in [0.1, 0.15) is 64.2 Å². The Hall–Kier alpha value is 0.234. The molecule has 2 fully saturated rings. The third-order valence-corrected chi connectivity index (χ3v) is 6.50. The van der Waals surface area contributed by atoms with Gasteiger partial charge in [-0.05, 0) is 0 Å². The van der Waals surface area contributed by atoms with Crippen molar-refractivity contribution in [2.24, 2.45) is 11.8 Å². The van der Waals surface area contributed by atoms with Gasteiger partial charge in [-0.1, -0.05) is 0 Å². The van der Waals surface area contributed by atoms with Gasteiger partial charge in [-0.3, -0.25) is 0 Å². The normalized spacial score (nSPS) is 18.9. The minimum absolute atomic E-state index is 0. The van der Waals surface area contributed by atoms with Crippen LogP contribution in [0, 0.1) is 11.8 Å². The van der Waals surface area contributed by atoms with Crippen molar-refractivity contribution in [2.45, 2.75) is 64.2 Å². The molecule has 0 unspecified atom stereocenters. The zero-order chi connectivity index (χ0) is 15.2. The molecule has 2 aliphatic carbocycles. The van der Waals surface area contributed by atoms with Crippen molar-refractivity contribution in [1.82, 2.24) is 6.76 Å². The number of carbonyl (C=O) groups excluding carboxylic acids is 2. The van der Waals surface area contributed by atoms with Crippen LogP contribution in [0.2, 0.25) is 0 Å². The van der Waals surface area contributed by atoms with Gasteiger partial charge in [-0.15, -0.1) is 0 Å². The molecule has 2 rings (SSSR count). The zero-order valence-corrected chi connectivity index (χ0v) is 17.3. The van der Waals surface area contributed by atoms with Gasteiger partial charge in [0.25, 0.3) is 0 Å². The molecule has 0 radical (unpaired) electrons. The number of rotatable bonds is 4. The first kappa shape index (κ1) is 23.2. The minimum atomic E-state index is -0.818. The molecule has 23 heavy (non-hydrogen) atoms. The van der Waals surface area contributed by atoms with Crippen LogP contribution in [-0.2, 0) is 29.3 Å². The summed E-state index contributed by atoms with van der Waals surface area (Å²) in [6, 6.07) is 0. The standard InChI is InChI=1S/2C8H15NO.2ClH.Ti/c2*1-9-8(10)7-5-3-2-4-6-7;;;/h2*7H,2-6H2,1H3,(H,9,10);2*1H;/q;;;;+4/p-4. The summed E-state index contributed by atoms with van der Waals surface area (Å²) < 4.78 is 3.74. The average molecular weight is 399 g/mol. The van der Waals surface area contributed by atoms with Gasteiger partial charge in [0.15, 0.2) is 0 Å². The molecule has 2 aliphatic rings. The quantitative estimate of drug-likeness (QED) is 0.473. The van der Waals surface area contributed by atoms with Crippen molar-refractivity contribution in [3.63, 3.8) is 0 Å². The van der Waals surface area contributed by atoms with Crippen molar-refractivity contribution in [2.75, 3.05) is 14.1 Å². The van der Waals surface area contributed by atoms with Crippen LogP contribution >= 0.6 is 0 Å². The van der Waals surface area contributed by atoms with E-state index < -0.39 is 19.7 Å². The molecule has 132 valence electrons. The Morgan fingerprint density at radius 1 is 0.696 bits per heavy atom. The van der Waals surface area contributed by atoms with E-state index in [9.17, 15) is 9.59 Å². The third kappa shape index (κ3) is 6.93. The van der Waals surface area contributed by atoms with Crippen LogP contribution in [0.25, 0.3) is 0 Å². The number of amides is 2. The summed E-state index contributed by atoms with van der Waals surface area (Å²) in [5, 5.41) is 0. The van der Waals surface area contributed by atoms with Crippen LogP contribution < -0.4 is 24.8 Å². The minimum Gasteiger partial charge on any atom is -1.00 e. The number of hydrogen-bond donors (Lipinski definition) is 0. The van der Waals surface area contributed by atoms with Crippen molar-refractivity contribution >= 4 is 11.8 Å². The first-order valence-electron chi connectivity index (χ1n) is 8.41. The fourth-order valence-corrected chi connectivity index (χ4v) is 5.15. The maximum atomic E-state index is 12.5. The van der Waals surface area contributed by atoms with E-state index in [1.807, 2.05) is 20.9 Å². The summed E-state index contributed by atoms with van der Waals surface area (Å²) in [6.07, 6.45) is 11.4. The Labute approximate surface area is 162 Å². The Morgan fingerprint density at radius 3 is 1.30 bits per heavy atom. The molecule has 0 N–H and O–H groups in total. The van der Waals surface area contributed by atoms with Gasteiger partial charge in [0.05, 0.1) is 0 Å². The molecule has 0 aliphatic heterocycles. The van der Waals surface area contributed by atoms with E-state index >= 15 is 0 Å².